The third kappa shape index (κ3) is 5.70. The van der Waals surface area contributed by atoms with E-state index in [1.54, 1.807) is 28.0 Å². The summed E-state index contributed by atoms with van der Waals surface area (Å²) in [5.41, 5.74) is 1.61. The quantitative estimate of drug-likeness (QED) is 0.384. The summed E-state index contributed by atoms with van der Waals surface area (Å²) in [5, 5.41) is 0.739. The van der Waals surface area contributed by atoms with Gasteiger partial charge in [0.1, 0.15) is 0 Å². The predicted octanol–water partition coefficient (Wildman–Crippen LogP) is 5.80. The summed E-state index contributed by atoms with van der Waals surface area (Å²) in [5.74, 6) is 0.975. The van der Waals surface area contributed by atoms with Gasteiger partial charge in [-0.3, -0.25) is 9.69 Å². The molecule has 1 amide bonds. The first-order chi connectivity index (χ1) is 13.0. The molecule has 0 aliphatic heterocycles. The van der Waals surface area contributed by atoms with E-state index in [1.807, 2.05) is 56.6 Å². The van der Waals surface area contributed by atoms with Crippen molar-refractivity contribution in [2.75, 3.05) is 37.8 Å². The fraction of sp³-hybridized carbons (Fsp3) is 0.300. The van der Waals surface area contributed by atoms with Crippen LogP contribution >= 0.6 is 51.4 Å². The van der Waals surface area contributed by atoms with Gasteiger partial charge < -0.3 is 4.90 Å². The van der Waals surface area contributed by atoms with Crippen LogP contribution in [0.2, 0.25) is 0 Å². The Hall–Kier alpha value is -1.12. The zero-order chi connectivity index (χ0) is 19.4. The minimum absolute atomic E-state index is 0. The first-order valence-corrected chi connectivity index (χ1v) is 11.3. The van der Waals surface area contributed by atoms with E-state index in [0.717, 1.165) is 37.0 Å². The molecule has 28 heavy (non-hydrogen) atoms. The molecule has 150 valence electrons. The molecule has 0 aliphatic carbocycles. The summed E-state index contributed by atoms with van der Waals surface area (Å²) in [6, 6.07) is 13.9. The van der Waals surface area contributed by atoms with Crippen LogP contribution in [0.25, 0.3) is 10.2 Å². The van der Waals surface area contributed by atoms with Crippen LogP contribution in [0.1, 0.15) is 17.3 Å². The molecule has 3 rings (SSSR count). The SMILES string of the molecule is CCSc1cccc(C(=O)N(CCN(C)C)c2nc3ccc(Br)cc3s2)c1.Cl. The number of anilines is 1. The Kier molecular flexibility index (Phi) is 8.77. The number of nitrogens with zero attached hydrogens (tertiary/aromatic N) is 3. The molecule has 0 radical (unpaired) electrons. The van der Waals surface area contributed by atoms with Gasteiger partial charge in [-0.2, -0.15) is 0 Å². The maximum Gasteiger partial charge on any atom is 0.260 e. The molecule has 0 fully saturated rings. The standard InChI is InChI=1S/C20H22BrN3OS2.ClH/c1-4-26-16-7-5-6-14(12-16)19(25)24(11-10-23(2)3)20-22-17-9-8-15(21)13-18(17)27-20;/h5-9,12-13H,4,10-11H2,1-3H3;1H. The molecule has 0 unspecified atom stereocenters. The lowest BCUT2D eigenvalue weighted by molar-refractivity contribution is 0.0985. The Bertz CT molecular complexity index is 948. The molecular weight excluding hydrogens is 478 g/mol. The van der Waals surface area contributed by atoms with Gasteiger partial charge in [-0.25, -0.2) is 4.98 Å². The van der Waals surface area contributed by atoms with E-state index < -0.39 is 0 Å². The molecule has 2 aromatic carbocycles. The zero-order valence-electron chi connectivity index (χ0n) is 16.0. The van der Waals surface area contributed by atoms with Gasteiger partial charge in [0.25, 0.3) is 5.91 Å². The average Bonchev–Trinajstić information content (AvgIpc) is 3.04. The van der Waals surface area contributed by atoms with Crippen LogP contribution in [0.4, 0.5) is 5.13 Å². The molecule has 0 atom stereocenters. The molecule has 4 nitrogen and oxygen atoms in total. The molecule has 0 N–H and O–H groups in total. The second-order valence-corrected chi connectivity index (χ2v) is 9.59. The summed E-state index contributed by atoms with van der Waals surface area (Å²) >= 11 is 6.80. The van der Waals surface area contributed by atoms with Crippen molar-refractivity contribution >= 4 is 72.7 Å². The molecule has 0 aliphatic rings. The van der Waals surface area contributed by atoms with Gasteiger partial charge in [0.15, 0.2) is 5.13 Å². The maximum atomic E-state index is 13.3. The van der Waals surface area contributed by atoms with E-state index in [4.69, 9.17) is 4.98 Å². The lowest BCUT2D eigenvalue weighted by Gasteiger charge is -2.22. The van der Waals surface area contributed by atoms with Crippen molar-refractivity contribution in [3.8, 4) is 0 Å². The van der Waals surface area contributed by atoms with Crippen molar-refractivity contribution < 1.29 is 4.79 Å². The minimum atomic E-state index is -0.00600. The Morgan fingerprint density at radius 1 is 1.18 bits per heavy atom. The normalized spacial score (nSPS) is 10.9. The topological polar surface area (TPSA) is 36.4 Å². The summed E-state index contributed by atoms with van der Waals surface area (Å²) in [6.45, 7) is 3.48. The Labute approximate surface area is 188 Å². The number of thiazole rings is 1. The number of fused-ring (bicyclic) bond motifs is 1. The number of benzene rings is 2. The van der Waals surface area contributed by atoms with Crippen LogP contribution in [0, 0.1) is 0 Å². The Balaban J connectivity index is 0.00000280. The van der Waals surface area contributed by atoms with E-state index >= 15 is 0 Å². The van der Waals surface area contributed by atoms with E-state index in [1.165, 1.54) is 0 Å². The van der Waals surface area contributed by atoms with Crippen molar-refractivity contribution in [3.05, 3.63) is 52.5 Å². The lowest BCUT2D eigenvalue weighted by atomic mass is 10.2. The predicted molar refractivity (Wildman–Crippen MR) is 128 cm³/mol. The number of amides is 1. The van der Waals surface area contributed by atoms with Crippen molar-refractivity contribution in [1.29, 1.82) is 0 Å². The van der Waals surface area contributed by atoms with E-state index in [0.29, 0.717) is 12.1 Å². The molecule has 3 aromatic rings. The molecule has 1 aromatic heterocycles. The fourth-order valence-corrected chi connectivity index (χ4v) is 4.89. The van der Waals surface area contributed by atoms with Gasteiger partial charge in [0.2, 0.25) is 0 Å². The molecule has 0 saturated carbocycles. The van der Waals surface area contributed by atoms with E-state index in [2.05, 4.69) is 27.8 Å². The molecule has 8 heteroatoms. The largest absolute Gasteiger partial charge is 0.308 e. The van der Waals surface area contributed by atoms with Gasteiger partial charge in [-0.05, 0) is 56.2 Å². The molecule has 1 heterocycles. The lowest BCUT2D eigenvalue weighted by Crippen LogP contribution is -2.36. The number of rotatable bonds is 7. The summed E-state index contributed by atoms with van der Waals surface area (Å²) in [7, 11) is 4.02. The molecule has 0 bridgehead atoms. The maximum absolute atomic E-state index is 13.3. The first-order valence-electron chi connectivity index (χ1n) is 8.73. The van der Waals surface area contributed by atoms with Crippen molar-refractivity contribution in [1.82, 2.24) is 9.88 Å². The monoisotopic (exact) mass is 499 g/mol. The second-order valence-electron chi connectivity index (χ2n) is 6.33. The highest BCUT2D eigenvalue weighted by Crippen LogP contribution is 2.32. The molecular formula is C20H23BrClN3OS2. The number of hydrogen-bond acceptors (Lipinski definition) is 5. The summed E-state index contributed by atoms with van der Waals surface area (Å²) < 4.78 is 2.08. The van der Waals surface area contributed by atoms with Crippen LogP contribution in [-0.4, -0.2) is 48.7 Å². The summed E-state index contributed by atoms with van der Waals surface area (Å²) in [6.07, 6.45) is 0. The number of carbonyl (C=O) groups is 1. The number of hydrogen-bond donors (Lipinski definition) is 0. The second kappa shape index (κ2) is 10.6. The van der Waals surface area contributed by atoms with E-state index in [-0.39, 0.29) is 18.3 Å². The van der Waals surface area contributed by atoms with Gasteiger partial charge in [-0.15, -0.1) is 24.2 Å². The average molecular weight is 501 g/mol. The number of aromatic nitrogens is 1. The highest BCUT2D eigenvalue weighted by atomic mass is 79.9. The first kappa shape index (κ1) is 23.2. The van der Waals surface area contributed by atoms with Gasteiger partial charge in [0, 0.05) is 28.0 Å². The smallest absolute Gasteiger partial charge is 0.260 e. The number of thioether (sulfide) groups is 1. The van der Waals surface area contributed by atoms with Crippen LogP contribution in [0.3, 0.4) is 0 Å². The number of carbonyl (C=O) groups excluding carboxylic acids is 1. The van der Waals surface area contributed by atoms with Crippen molar-refractivity contribution in [3.63, 3.8) is 0 Å². The van der Waals surface area contributed by atoms with Crippen molar-refractivity contribution in [2.45, 2.75) is 11.8 Å². The Morgan fingerprint density at radius 2 is 1.96 bits per heavy atom. The summed E-state index contributed by atoms with van der Waals surface area (Å²) in [4.78, 5) is 23.0. The number of halogens is 2. The van der Waals surface area contributed by atoms with Crippen molar-refractivity contribution in [2.24, 2.45) is 0 Å². The highest BCUT2D eigenvalue weighted by molar-refractivity contribution is 9.10. The van der Waals surface area contributed by atoms with Crippen LogP contribution < -0.4 is 4.90 Å². The minimum Gasteiger partial charge on any atom is -0.308 e. The third-order valence-electron chi connectivity index (χ3n) is 3.98. The zero-order valence-corrected chi connectivity index (χ0v) is 20.1. The van der Waals surface area contributed by atoms with Gasteiger partial charge in [0.05, 0.1) is 10.2 Å². The van der Waals surface area contributed by atoms with Crippen LogP contribution in [0.5, 0.6) is 0 Å². The Morgan fingerprint density at radius 3 is 2.68 bits per heavy atom. The fourth-order valence-electron chi connectivity index (χ4n) is 2.63. The van der Waals surface area contributed by atoms with Crippen LogP contribution in [-0.2, 0) is 0 Å². The van der Waals surface area contributed by atoms with Gasteiger partial charge in [-0.1, -0.05) is 40.3 Å². The third-order valence-corrected chi connectivity index (χ3v) is 6.39. The van der Waals surface area contributed by atoms with Crippen LogP contribution in [0.15, 0.2) is 51.8 Å². The van der Waals surface area contributed by atoms with E-state index in [9.17, 15) is 4.79 Å². The molecule has 0 spiro atoms. The highest BCUT2D eigenvalue weighted by Gasteiger charge is 2.21. The molecule has 0 saturated heterocycles. The number of likely N-dealkylation sites (N-methyl/N-ethyl adjacent to an activating group) is 1. The van der Waals surface area contributed by atoms with Gasteiger partial charge >= 0.3 is 0 Å².